The number of hydrogen-bond donors (Lipinski definition) is 1. The highest BCUT2D eigenvalue weighted by Gasteiger charge is 1.92. The van der Waals surface area contributed by atoms with Gasteiger partial charge in [-0.2, -0.15) is 0 Å². The van der Waals surface area contributed by atoms with Crippen molar-refractivity contribution < 1.29 is 9.90 Å². The topological polar surface area (TPSA) is 37.3 Å². The third-order valence-corrected chi connectivity index (χ3v) is 1.34. The molecule has 0 radical (unpaired) electrons. The number of aldehydes is 1. The second-order valence-corrected chi connectivity index (χ2v) is 1.95. The summed E-state index contributed by atoms with van der Waals surface area (Å²) in [6.07, 6.45) is 2.50. The lowest BCUT2D eigenvalue weighted by Gasteiger charge is -1.94. The molecule has 2 nitrogen and oxygen atoms in total. The average Bonchev–Trinajstić information content (AvgIpc) is 2.20. The Morgan fingerprint density at radius 3 is 2.08 bits per heavy atom. The number of carbonyl (C=O) groups excluding carboxylic acids is 1. The van der Waals surface area contributed by atoms with E-state index in [2.05, 4.69) is 6.58 Å². The maximum Gasteiger partial charge on any atom is 0.150 e. The third kappa shape index (κ3) is 2.68. The first kappa shape index (κ1) is 10.6. The number of carbonyl (C=O) groups is 1. The Balaban J connectivity index is 0.000000561. The van der Waals surface area contributed by atoms with Crippen LogP contribution in [0.1, 0.15) is 15.9 Å². The fraction of sp³-hybridized carbons (Fsp3) is 0.100. The van der Waals surface area contributed by atoms with Gasteiger partial charge in [0.15, 0.2) is 6.29 Å². The zero-order valence-corrected chi connectivity index (χ0v) is 7.03. The minimum atomic E-state index is 0.692. The van der Waals surface area contributed by atoms with Crippen molar-refractivity contribution in [1.29, 1.82) is 0 Å². The van der Waals surface area contributed by atoms with Gasteiger partial charge in [0.1, 0.15) is 0 Å². The van der Waals surface area contributed by atoms with Gasteiger partial charge in [-0.15, -0.1) is 0 Å². The Morgan fingerprint density at radius 2 is 1.75 bits per heavy atom. The van der Waals surface area contributed by atoms with E-state index < -0.39 is 0 Å². The average molecular weight is 164 g/mol. The Morgan fingerprint density at radius 1 is 1.25 bits per heavy atom. The Bertz CT molecular complexity index is 227. The molecule has 0 aliphatic carbocycles. The van der Waals surface area contributed by atoms with Crippen LogP contribution in [0.3, 0.4) is 0 Å². The maximum absolute atomic E-state index is 10.3. The van der Waals surface area contributed by atoms with Crippen molar-refractivity contribution in [2.24, 2.45) is 0 Å². The molecule has 0 spiro atoms. The molecule has 2 heteroatoms. The Labute approximate surface area is 72.2 Å². The van der Waals surface area contributed by atoms with E-state index in [-0.39, 0.29) is 0 Å². The van der Waals surface area contributed by atoms with Crippen LogP contribution >= 0.6 is 0 Å². The smallest absolute Gasteiger partial charge is 0.150 e. The van der Waals surface area contributed by atoms with Gasteiger partial charge < -0.3 is 5.11 Å². The van der Waals surface area contributed by atoms with Crippen molar-refractivity contribution in [3.8, 4) is 0 Å². The van der Waals surface area contributed by atoms with Crippen molar-refractivity contribution in [1.82, 2.24) is 0 Å². The molecule has 0 saturated carbocycles. The minimum Gasteiger partial charge on any atom is -0.400 e. The molecule has 0 aliphatic rings. The predicted octanol–water partition coefficient (Wildman–Crippen LogP) is 1.75. The number of hydrogen-bond acceptors (Lipinski definition) is 2. The van der Waals surface area contributed by atoms with E-state index >= 15 is 0 Å². The van der Waals surface area contributed by atoms with Gasteiger partial charge in [-0.25, -0.2) is 0 Å². The van der Waals surface area contributed by atoms with Gasteiger partial charge in [0.05, 0.1) is 0 Å². The van der Waals surface area contributed by atoms with Crippen LogP contribution in [-0.4, -0.2) is 18.5 Å². The largest absolute Gasteiger partial charge is 0.400 e. The van der Waals surface area contributed by atoms with Gasteiger partial charge in [0.2, 0.25) is 0 Å². The molecule has 1 aromatic rings. The number of benzene rings is 1. The number of rotatable bonds is 2. The second kappa shape index (κ2) is 6.31. The summed E-state index contributed by atoms with van der Waals surface area (Å²) in [5.74, 6) is 0. The highest BCUT2D eigenvalue weighted by atomic mass is 16.2. The number of aliphatic hydroxyl groups excluding tert-OH is 1. The monoisotopic (exact) mass is 164 g/mol. The van der Waals surface area contributed by atoms with Crippen molar-refractivity contribution in [2.45, 2.75) is 0 Å². The lowest BCUT2D eigenvalue weighted by atomic mass is 10.1. The highest BCUT2D eigenvalue weighted by Crippen LogP contribution is 2.06. The van der Waals surface area contributed by atoms with Crippen LogP contribution < -0.4 is 0 Å². The van der Waals surface area contributed by atoms with Crippen LogP contribution in [0.2, 0.25) is 0 Å². The molecule has 0 unspecified atom stereocenters. The van der Waals surface area contributed by atoms with Gasteiger partial charge >= 0.3 is 0 Å². The summed E-state index contributed by atoms with van der Waals surface area (Å²) < 4.78 is 0. The summed E-state index contributed by atoms with van der Waals surface area (Å²) in [4.78, 5) is 10.3. The molecule has 12 heavy (non-hydrogen) atoms. The quantitative estimate of drug-likeness (QED) is 0.676. The molecule has 0 atom stereocenters. The lowest BCUT2D eigenvalue weighted by molar-refractivity contribution is 0.112. The summed E-state index contributed by atoms with van der Waals surface area (Å²) >= 11 is 0. The Kier molecular flexibility index (Phi) is 5.57. The lowest BCUT2D eigenvalue weighted by Crippen LogP contribution is -1.82. The van der Waals surface area contributed by atoms with E-state index in [9.17, 15) is 4.79 Å². The summed E-state index contributed by atoms with van der Waals surface area (Å²) in [7, 11) is 1.00. The Hall–Kier alpha value is -1.41. The normalized spacial score (nSPS) is 7.83. The fourth-order valence-corrected chi connectivity index (χ4v) is 0.804. The first-order valence-corrected chi connectivity index (χ1v) is 3.50. The molecule has 64 valence electrons. The molecule has 1 N–H and O–H groups in total. The molecular formula is C10H12O2. The molecule has 0 aliphatic heterocycles. The molecule has 0 bridgehead atoms. The minimum absolute atomic E-state index is 0.692. The van der Waals surface area contributed by atoms with Gasteiger partial charge in [-0.05, 0) is 5.56 Å². The van der Waals surface area contributed by atoms with E-state index in [4.69, 9.17) is 5.11 Å². The van der Waals surface area contributed by atoms with E-state index in [1.54, 1.807) is 12.1 Å². The van der Waals surface area contributed by atoms with Crippen LogP contribution in [0.5, 0.6) is 0 Å². The van der Waals surface area contributed by atoms with E-state index in [0.29, 0.717) is 5.56 Å². The molecule has 0 heterocycles. The van der Waals surface area contributed by atoms with E-state index in [1.807, 2.05) is 18.2 Å². The molecule has 0 aromatic heterocycles. The van der Waals surface area contributed by atoms with Crippen LogP contribution in [0.25, 0.3) is 6.08 Å². The van der Waals surface area contributed by atoms with Gasteiger partial charge in [0, 0.05) is 12.7 Å². The summed E-state index contributed by atoms with van der Waals surface area (Å²) in [6.45, 7) is 3.58. The maximum atomic E-state index is 10.3. The molecular weight excluding hydrogens is 152 g/mol. The first-order valence-electron chi connectivity index (χ1n) is 3.50. The van der Waals surface area contributed by atoms with Crippen molar-refractivity contribution in [3.05, 3.63) is 42.0 Å². The van der Waals surface area contributed by atoms with Crippen molar-refractivity contribution >= 4 is 12.4 Å². The van der Waals surface area contributed by atoms with Gasteiger partial charge in [-0.1, -0.05) is 36.9 Å². The summed E-state index contributed by atoms with van der Waals surface area (Å²) in [6, 6.07) is 7.33. The molecule has 0 fully saturated rings. The standard InChI is InChI=1S/C9H8O.CH4O/c1-2-8-5-3-4-6-9(8)7-10;1-2/h2-7H,1H2;2H,1H3. The second-order valence-electron chi connectivity index (χ2n) is 1.95. The van der Waals surface area contributed by atoms with E-state index in [1.165, 1.54) is 0 Å². The zero-order valence-electron chi connectivity index (χ0n) is 7.03. The van der Waals surface area contributed by atoms with Crippen LogP contribution in [-0.2, 0) is 0 Å². The molecule has 0 amide bonds. The van der Waals surface area contributed by atoms with Crippen molar-refractivity contribution in [3.63, 3.8) is 0 Å². The third-order valence-electron chi connectivity index (χ3n) is 1.34. The first-order chi connectivity index (χ1) is 5.88. The van der Waals surface area contributed by atoms with Crippen LogP contribution in [0.15, 0.2) is 30.8 Å². The summed E-state index contributed by atoms with van der Waals surface area (Å²) in [5.41, 5.74) is 1.58. The van der Waals surface area contributed by atoms with Crippen LogP contribution in [0, 0.1) is 0 Å². The predicted molar refractivity (Wildman–Crippen MR) is 50.1 cm³/mol. The summed E-state index contributed by atoms with van der Waals surface area (Å²) in [5, 5.41) is 7.00. The molecule has 0 saturated heterocycles. The van der Waals surface area contributed by atoms with Crippen molar-refractivity contribution in [2.75, 3.05) is 7.11 Å². The zero-order chi connectivity index (χ0) is 9.40. The SMILES string of the molecule is C=Cc1ccccc1C=O.CO. The fourth-order valence-electron chi connectivity index (χ4n) is 0.804. The molecule has 1 aromatic carbocycles. The van der Waals surface area contributed by atoms with Gasteiger partial charge in [-0.3, -0.25) is 4.79 Å². The highest BCUT2D eigenvalue weighted by molar-refractivity contribution is 5.81. The van der Waals surface area contributed by atoms with E-state index in [0.717, 1.165) is 19.0 Å². The van der Waals surface area contributed by atoms with Gasteiger partial charge in [0.25, 0.3) is 0 Å². The van der Waals surface area contributed by atoms with Crippen LogP contribution in [0.4, 0.5) is 0 Å². The number of aliphatic hydroxyl groups is 1. The molecule has 1 rings (SSSR count).